The highest BCUT2D eigenvalue weighted by Crippen LogP contribution is 2.70. The summed E-state index contributed by atoms with van der Waals surface area (Å²) < 4.78 is 148. The molecule has 0 aromatic heterocycles. The standard InChI is InChI=1S/C15H11F11/c16-10(8-4-7-9-5-2-1-3-6-9)11(17,18)13(21,22)15(25,26)14(23,24)12(10,19)20/h1-3,5-6H,4,7-8H2. The van der Waals surface area contributed by atoms with Gasteiger partial charge in [0, 0.05) is 0 Å². The molecule has 0 unspecified atom stereocenters. The zero-order valence-electron chi connectivity index (χ0n) is 12.7. The van der Waals surface area contributed by atoms with Crippen molar-refractivity contribution in [3.8, 4) is 0 Å². The van der Waals surface area contributed by atoms with Crippen molar-refractivity contribution in [1.29, 1.82) is 0 Å². The Morgan fingerprint density at radius 2 is 0.923 bits per heavy atom. The monoisotopic (exact) mass is 400 g/mol. The summed E-state index contributed by atoms with van der Waals surface area (Å²) in [6, 6.07) is 7.12. The molecule has 2 rings (SSSR count). The van der Waals surface area contributed by atoms with E-state index in [0.717, 1.165) is 0 Å². The molecule has 1 aromatic rings. The van der Waals surface area contributed by atoms with Gasteiger partial charge in [0.1, 0.15) is 0 Å². The summed E-state index contributed by atoms with van der Waals surface area (Å²) in [4.78, 5) is 0. The minimum absolute atomic E-state index is 0.294. The Balaban J connectivity index is 2.43. The van der Waals surface area contributed by atoms with Crippen molar-refractivity contribution in [2.45, 2.75) is 54.5 Å². The molecule has 1 fully saturated rings. The van der Waals surface area contributed by atoms with Crippen molar-refractivity contribution in [2.24, 2.45) is 0 Å². The van der Waals surface area contributed by atoms with Gasteiger partial charge in [0.2, 0.25) is 5.67 Å². The summed E-state index contributed by atoms with van der Waals surface area (Å²) in [5.74, 6) is -34.7. The second-order valence-corrected chi connectivity index (χ2v) is 6.01. The van der Waals surface area contributed by atoms with E-state index in [9.17, 15) is 48.3 Å². The molecule has 0 nitrogen and oxygen atoms in total. The van der Waals surface area contributed by atoms with Gasteiger partial charge in [-0.25, -0.2) is 4.39 Å². The van der Waals surface area contributed by atoms with Gasteiger partial charge < -0.3 is 0 Å². The minimum Gasteiger partial charge on any atom is -0.230 e. The molecule has 0 amide bonds. The first-order valence-corrected chi connectivity index (χ1v) is 7.20. The first-order valence-electron chi connectivity index (χ1n) is 7.20. The predicted octanol–water partition coefficient (Wildman–Crippen LogP) is 5.91. The van der Waals surface area contributed by atoms with E-state index in [4.69, 9.17) is 0 Å². The lowest BCUT2D eigenvalue weighted by Gasteiger charge is -2.52. The van der Waals surface area contributed by atoms with Crippen molar-refractivity contribution in [3.63, 3.8) is 0 Å². The van der Waals surface area contributed by atoms with Crippen LogP contribution in [0.2, 0.25) is 0 Å². The molecule has 148 valence electrons. The van der Waals surface area contributed by atoms with Crippen LogP contribution < -0.4 is 0 Å². The number of hydrogen-bond acceptors (Lipinski definition) is 0. The van der Waals surface area contributed by atoms with Crippen LogP contribution in [0.25, 0.3) is 0 Å². The second-order valence-electron chi connectivity index (χ2n) is 6.01. The Morgan fingerprint density at radius 3 is 1.35 bits per heavy atom. The van der Waals surface area contributed by atoms with Gasteiger partial charge >= 0.3 is 29.6 Å². The highest BCUT2D eigenvalue weighted by molar-refractivity contribution is 5.26. The van der Waals surface area contributed by atoms with E-state index in [1.165, 1.54) is 30.3 Å². The fourth-order valence-corrected chi connectivity index (χ4v) is 2.78. The van der Waals surface area contributed by atoms with E-state index in [-0.39, 0.29) is 0 Å². The molecule has 0 heterocycles. The Kier molecular flexibility index (Phi) is 4.57. The molecule has 0 radical (unpaired) electrons. The average molecular weight is 400 g/mol. The van der Waals surface area contributed by atoms with Crippen LogP contribution in [0.5, 0.6) is 0 Å². The van der Waals surface area contributed by atoms with Gasteiger partial charge in [-0.2, -0.15) is 43.9 Å². The van der Waals surface area contributed by atoms with Crippen molar-refractivity contribution in [1.82, 2.24) is 0 Å². The quantitative estimate of drug-likeness (QED) is 0.552. The Bertz CT molecular complexity index is 621. The summed E-state index contributed by atoms with van der Waals surface area (Å²) in [5.41, 5.74) is -5.58. The van der Waals surface area contributed by atoms with Gasteiger partial charge in [-0.05, 0) is 24.8 Å². The molecule has 1 aliphatic carbocycles. The van der Waals surface area contributed by atoms with Crippen LogP contribution in [-0.4, -0.2) is 35.3 Å². The predicted molar refractivity (Wildman–Crippen MR) is 68.0 cm³/mol. The minimum atomic E-state index is -7.15. The molecule has 1 saturated carbocycles. The summed E-state index contributed by atoms with van der Waals surface area (Å²) in [5, 5.41) is 0. The van der Waals surface area contributed by atoms with Gasteiger partial charge in [-0.1, -0.05) is 30.3 Å². The number of rotatable bonds is 4. The second kappa shape index (κ2) is 5.72. The molecule has 1 aromatic carbocycles. The van der Waals surface area contributed by atoms with Crippen molar-refractivity contribution >= 4 is 0 Å². The summed E-state index contributed by atoms with van der Waals surface area (Å²) in [6.07, 6.45) is -3.56. The van der Waals surface area contributed by atoms with Crippen LogP contribution >= 0.6 is 0 Å². The molecular weight excluding hydrogens is 389 g/mol. The molecule has 0 saturated heterocycles. The maximum atomic E-state index is 14.4. The first-order chi connectivity index (χ1) is 11.6. The normalized spacial score (nSPS) is 27.0. The average Bonchev–Trinajstić information content (AvgIpc) is 2.53. The van der Waals surface area contributed by atoms with Gasteiger partial charge in [0.05, 0.1) is 0 Å². The van der Waals surface area contributed by atoms with E-state index >= 15 is 0 Å². The molecule has 11 heteroatoms. The lowest BCUT2D eigenvalue weighted by molar-refractivity contribution is -0.485. The van der Waals surface area contributed by atoms with Gasteiger partial charge in [-0.3, -0.25) is 0 Å². The molecule has 0 bridgehead atoms. The highest BCUT2D eigenvalue weighted by Gasteiger charge is 3.00. The molecular formula is C15H11F11. The van der Waals surface area contributed by atoms with E-state index in [2.05, 4.69) is 0 Å². The van der Waals surface area contributed by atoms with Crippen molar-refractivity contribution in [3.05, 3.63) is 35.9 Å². The lowest BCUT2D eigenvalue weighted by Crippen LogP contribution is -2.83. The fraction of sp³-hybridized carbons (Fsp3) is 0.600. The van der Waals surface area contributed by atoms with E-state index < -0.39 is 54.5 Å². The topological polar surface area (TPSA) is 0 Å². The highest BCUT2D eigenvalue weighted by atomic mass is 19.4. The summed E-state index contributed by atoms with van der Waals surface area (Å²) >= 11 is 0. The summed E-state index contributed by atoms with van der Waals surface area (Å²) in [6.45, 7) is 0. The van der Waals surface area contributed by atoms with E-state index in [0.29, 0.717) is 5.56 Å². The van der Waals surface area contributed by atoms with Crippen LogP contribution in [0, 0.1) is 0 Å². The number of halogens is 11. The molecule has 0 N–H and O–H groups in total. The maximum absolute atomic E-state index is 14.4. The Labute approximate surface area is 140 Å². The number of hydrogen-bond donors (Lipinski definition) is 0. The maximum Gasteiger partial charge on any atom is 0.384 e. The molecule has 0 spiro atoms. The molecule has 1 aliphatic rings. The van der Waals surface area contributed by atoms with Crippen LogP contribution in [0.3, 0.4) is 0 Å². The van der Waals surface area contributed by atoms with Gasteiger partial charge in [0.25, 0.3) is 0 Å². The van der Waals surface area contributed by atoms with Crippen molar-refractivity contribution in [2.75, 3.05) is 0 Å². The third-order valence-electron chi connectivity index (χ3n) is 4.40. The zero-order chi connectivity index (χ0) is 20.2. The number of aryl methyl sites for hydroxylation is 1. The van der Waals surface area contributed by atoms with Gasteiger partial charge in [0.15, 0.2) is 0 Å². The Hall–Kier alpha value is -1.55. The lowest BCUT2D eigenvalue weighted by atomic mass is 9.70. The first kappa shape index (κ1) is 20.8. The van der Waals surface area contributed by atoms with Crippen LogP contribution in [-0.2, 0) is 6.42 Å². The number of alkyl halides is 11. The third-order valence-corrected chi connectivity index (χ3v) is 4.40. The van der Waals surface area contributed by atoms with Crippen LogP contribution in [0.4, 0.5) is 48.3 Å². The SMILES string of the molecule is FC1(F)C(F)(F)C(F)(F)C(F)(CCCc2ccccc2)C(F)(F)C1(F)F. The van der Waals surface area contributed by atoms with E-state index in [1.54, 1.807) is 0 Å². The smallest absolute Gasteiger partial charge is 0.230 e. The largest absolute Gasteiger partial charge is 0.384 e. The molecule has 0 aliphatic heterocycles. The zero-order valence-corrected chi connectivity index (χ0v) is 12.7. The van der Waals surface area contributed by atoms with Gasteiger partial charge in [-0.15, -0.1) is 0 Å². The van der Waals surface area contributed by atoms with Crippen molar-refractivity contribution < 1.29 is 48.3 Å². The molecule has 26 heavy (non-hydrogen) atoms. The van der Waals surface area contributed by atoms with Crippen LogP contribution in [0.1, 0.15) is 18.4 Å². The van der Waals surface area contributed by atoms with E-state index in [1.807, 2.05) is 0 Å². The third kappa shape index (κ3) is 2.27. The van der Waals surface area contributed by atoms with Crippen LogP contribution in [0.15, 0.2) is 30.3 Å². The molecule has 0 atom stereocenters. The summed E-state index contributed by atoms with van der Waals surface area (Å²) in [7, 11) is 0. The Morgan fingerprint density at radius 1 is 0.538 bits per heavy atom. The fourth-order valence-electron chi connectivity index (χ4n) is 2.78. The number of benzene rings is 1.